The molecular formula is C17H25N5O. The van der Waals surface area contributed by atoms with Gasteiger partial charge in [0.15, 0.2) is 0 Å². The smallest absolute Gasteiger partial charge is 0.242 e. The lowest BCUT2D eigenvalue weighted by atomic mass is 9.97. The van der Waals surface area contributed by atoms with Crippen LogP contribution < -0.4 is 0 Å². The van der Waals surface area contributed by atoms with Crippen LogP contribution in [0.2, 0.25) is 0 Å². The summed E-state index contributed by atoms with van der Waals surface area (Å²) in [6.45, 7) is 6.06. The number of rotatable bonds is 4. The largest absolute Gasteiger partial charge is 0.340 e. The van der Waals surface area contributed by atoms with Crippen molar-refractivity contribution in [2.45, 2.75) is 45.6 Å². The monoisotopic (exact) mass is 315 g/mol. The summed E-state index contributed by atoms with van der Waals surface area (Å²) in [7, 11) is 2.04. The Morgan fingerprint density at radius 3 is 2.96 bits per heavy atom. The highest BCUT2D eigenvalue weighted by atomic mass is 16.2. The maximum atomic E-state index is 12.7. The molecule has 0 bridgehead atoms. The fourth-order valence-corrected chi connectivity index (χ4v) is 3.47. The van der Waals surface area contributed by atoms with E-state index in [4.69, 9.17) is 0 Å². The predicted molar refractivity (Wildman–Crippen MR) is 88.1 cm³/mol. The first-order valence-electron chi connectivity index (χ1n) is 8.36. The Kier molecular flexibility index (Phi) is 4.50. The van der Waals surface area contributed by atoms with Crippen molar-refractivity contribution in [1.29, 1.82) is 0 Å². The average molecular weight is 315 g/mol. The summed E-state index contributed by atoms with van der Waals surface area (Å²) in [5, 5.41) is 0. The van der Waals surface area contributed by atoms with Crippen molar-refractivity contribution in [2.24, 2.45) is 7.05 Å². The molecule has 0 radical (unpaired) electrons. The van der Waals surface area contributed by atoms with E-state index in [0.717, 1.165) is 49.7 Å². The van der Waals surface area contributed by atoms with E-state index >= 15 is 0 Å². The Balaban J connectivity index is 1.68. The van der Waals surface area contributed by atoms with Crippen molar-refractivity contribution in [3.05, 3.63) is 35.9 Å². The number of nitrogens with zero attached hydrogens (tertiary/aromatic N) is 5. The van der Waals surface area contributed by atoms with Gasteiger partial charge in [-0.05, 0) is 19.8 Å². The number of likely N-dealkylation sites (tertiary alicyclic amines) is 1. The van der Waals surface area contributed by atoms with Crippen LogP contribution in [0.15, 0.2) is 18.6 Å². The number of hydrogen-bond donors (Lipinski definition) is 0. The van der Waals surface area contributed by atoms with Gasteiger partial charge in [-0.15, -0.1) is 0 Å². The number of aromatic nitrogens is 4. The van der Waals surface area contributed by atoms with Crippen LogP contribution in [0.3, 0.4) is 0 Å². The molecule has 2 aromatic rings. The Labute approximate surface area is 137 Å². The van der Waals surface area contributed by atoms with Gasteiger partial charge in [-0.3, -0.25) is 4.79 Å². The minimum atomic E-state index is 0.174. The third-order valence-corrected chi connectivity index (χ3v) is 4.60. The van der Waals surface area contributed by atoms with Gasteiger partial charge < -0.3 is 14.0 Å². The third kappa shape index (κ3) is 3.30. The number of carbonyl (C=O) groups excluding carboxylic acids is 1. The summed E-state index contributed by atoms with van der Waals surface area (Å²) in [6.07, 6.45) is 8.68. The molecule has 1 amide bonds. The zero-order chi connectivity index (χ0) is 16.4. The molecule has 0 N–H and O–H groups in total. The van der Waals surface area contributed by atoms with Crippen LogP contribution in [-0.4, -0.2) is 43.0 Å². The molecule has 124 valence electrons. The molecule has 0 aromatic carbocycles. The molecule has 6 nitrogen and oxygen atoms in total. The van der Waals surface area contributed by atoms with E-state index in [-0.39, 0.29) is 5.91 Å². The van der Waals surface area contributed by atoms with Gasteiger partial charge in [0.25, 0.3) is 0 Å². The van der Waals surface area contributed by atoms with Crippen molar-refractivity contribution in [1.82, 2.24) is 24.0 Å². The maximum Gasteiger partial charge on any atom is 0.242 e. The van der Waals surface area contributed by atoms with Crippen LogP contribution in [0.4, 0.5) is 0 Å². The van der Waals surface area contributed by atoms with Crippen molar-refractivity contribution in [3.8, 4) is 0 Å². The van der Waals surface area contributed by atoms with E-state index in [1.165, 1.54) is 0 Å². The van der Waals surface area contributed by atoms with E-state index in [1.807, 2.05) is 29.6 Å². The van der Waals surface area contributed by atoms with Crippen molar-refractivity contribution in [3.63, 3.8) is 0 Å². The van der Waals surface area contributed by atoms with Crippen molar-refractivity contribution >= 4 is 5.91 Å². The summed E-state index contributed by atoms with van der Waals surface area (Å²) >= 11 is 0. The molecule has 0 saturated carbocycles. The minimum absolute atomic E-state index is 0.174. The molecule has 0 spiro atoms. The zero-order valence-corrected chi connectivity index (χ0v) is 14.2. The van der Waals surface area contributed by atoms with E-state index in [0.29, 0.717) is 12.5 Å². The van der Waals surface area contributed by atoms with Crippen LogP contribution in [0.1, 0.15) is 43.0 Å². The van der Waals surface area contributed by atoms with Gasteiger partial charge in [0.1, 0.15) is 18.2 Å². The van der Waals surface area contributed by atoms with Gasteiger partial charge in [-0.2, -0.15) is 0 Å². The molecule has 1 aliphatic heterocycles. The van der Waals surface area contributed by atoms with Crippen molar-refractivity contribution < 1.29 is 4.79 Å². The Hall–Kier alpha value is -2.11. The SMILES string of the molecule is CCc1nccn1CC(=O)N1CCC[C@H](c2nc(C)cn2C)C1. The highest BCUT2D eigenvalue weighted by molar-refractivity contribution is 5.76. The molecule has 2 aromatic heterocycles. The van der Waals surface area contributed by atoms with Gasteiger partial charge in [-0.1, -0.05) is 6.92 Å². The standard InChI is InChI=1S/C17H25N5O/c1-4-15-18-7-9-21(15)12-16(23)22-8-5-6-14(11-22)17-19-13(2)10-20(17)3/h7,9-10,14H,4-6,8,11-12H2,1-3H3/t14-/m0/s1. The fourth-order valence-electron chi connectivity index (χ4n) is 3.47. The summed E-state index contributed by atoms with van der Waals surface area (Å²) in [6, 6.07) is 0. The summed E-state index contributed by atoms with van der Waals surface area (Å²) in [4.78, 5) is 23.6. The molecule has 1 fully saturated rings. The Morgan fingerprint density at radius 2 is 2.26 bits per heavy atom. The second kappa shape index (κ2) is 6.56. The van der Waals surface area contributed by atoms with Crippen LogP contribution in [0, 0.1) is 6.92 Å². The molecule has 3 heterocycles. The highest BCUT2D eigenvalue weighted by Crippen LogP contribution is 2.26. The maximum absolute atomic E-state index is 12.7. The summed E-state index contributed by atoms with van der Waals surface area (Å²) < 4.78 is 4.05. The van der Waals surface area contributed by atoms with Crippen molar-refractivity contribution in [2.75, 3.05) is 13.1 Å². The molecule has 0 aliphatic carbocycles. The first-order chi connectivity index (χ1) is 11.1. The number of amides is 1. The lowest BCUT2D eigenvalue weighted by Crippen LogP contribution is -2.41. The molecule has 1 aliphatic rings. The second-order valence-electron chi connectivity index (χ2n) is 6.36. The molecule has 1 atom stereocenters. The van der Waals surface area contributed by atoms with E-state index in [9.17, 15) is 4.79 Å². The van der Waals surface area contributed by atoms with Gasteiger partial charge in [0, 0.05) is 51.1 Å². The van der Waals surface area contributed by atoms with E-state index in [2.05, 4.69) is 27.7 Å². The highest BCUT2D eigenvalue weighted by Gasteiger charge is 2.27. The minimum Gasteiger partial charge on any atom is -0.340 e. The summed E-state index contributed by atoms with van der Waals surface area (Å²) in [5.41, 5.74) is 1.04. The second-order valence-corrected chi connectivity index (χ2v) is 6.36. The van der Waals surface area contributed by atoms with Crippen LogP contribution in [-0.2, 0) is 24.8 Å². The number of piperidine rings is 1. The fraction of sp³-hybridized carbons (Fsp3) is 0.588. The van der Waals surface area contributed by atoms with Crippen LogP contribution >= 0.6 is 0 Å². The molecular weight excluding hydrogens is 290 g/mol. The number of aryl methyl sites for hydroxylation is 3. The lowest BCUT2D eigenvalue weighted by molar-refractivity contribution is -0.133. The topological polar surface area (TPSA) is 56.0 Å². The van der Waals surface area contributed by atoms with Gasteiger partial charge in [0.2, 0.25) is 5.91 Å². The van der Waals surface area contributed by atoms with Gasteiger partial charge in [-0.25, -0.2) is 9.97 Å². The Morgan fingerprint density at radius 1 is 1.43 bits per heavy atom. The summed E-state index contributed by atoms with van der Waals surface area (Å²) in [5.74, 6) is 2.57. The molecule has 6 heteroatoms. The number of imidazole rings is 2. The number of hydrogen-bond acceptors (Lipinski definition) is 3. The predicted octanol–water partition coefficient (Wildman–Crippen LogP) is 1.89. The normalized spacial score (nSPS) is 18.4. The molecule has 3 rings (SSSR count). The molecule has 23 heavy (non-hydrogen) atoms. The van der Waals surface area contributed by atoms with E-state index < -0.39 is 0 Å². The van der Waals surface area contributed by atoms with E-state index in [1.54, 1.807) is 6.20 Å². The van der Waals surface area contributed by atoms with Gasteiger partial charge >= 0.3 is 0 Å². The quantitative estimate of drug-likeness (QED) is 0.866. The molecule has 0 unspecified atom stereocenters. The van der Waals surface area contributed by atoms with Crippen LogP contribution in [0.5, 0.6) is 0 Å². The van der Waals surface area contributed by atoms with Crippen LogP contribution in [0.25, 0.3) is 0 Å². The lowest BCUT2D eigenvalue weighted by Gasteiger charge is -2.32. The van der Waals surface area contributed by atoms with Gasteiger partial charge in [0.05, 0.1) is 5.69 Å². The first-order valence-corrected chi connectivity index (χ1v) is 8.36. The first kappa shape index (κ1) is 15.8. The zero-order valence-electron chi connectivity index (χ0n) is 14.2. The average Bonchev–Trinajstić information content (AvgIpc) is 3.13. The molecule has 1 saturated heterocycles. The Bertz CT molecular complexity index is 687. The third-order valence-electron chi connectivity index (χ3n) is 4.60. The number of carbonyl (C=O) groups is 1.